The van der Waals surface area contributed by atoms with E-state index in [0.29, 0.717) is 0 Å². The Morgan fingerprint density at radius 1 is 1.05 bits per heavy atom. The number of rotatable bonds is 7. The molecule has 0 spiro atoms. The van der Waals surface area contributed by atoms with Crippen molar-refractivity contribution >= 4 is 17.0 Å². The third-order valence-electron chi connectivity index (χ3n) is 3.34. The molecule has 0 aliphatic heterocycles. The van der Waals surface area contributed by atoms with Crippen LogP contribution in [0.25, 0.3) is 0 Å². The zero-order chi connectivity index (χ0) is 14.4. The minimum atomic E-state index is 0.850. The van der Waals surface area contributed by atoms with Gasteiger partial charge in [-0.2, -0.15) is 0 Å². The van der Waals surface area contributed by atoms with Crippen molar-refractivity contribution in [1.82, 2.24) is 4.90 Å². The molecule has 0 aliphatic carbocycles. The number of nitrogen functional groups attached to an aromatic ring is 1. The van der Waals surface area contributed by atoms with Crippen LogP contribution < -0.4 is 5.73 Å². The van der Waals surface area contributed by atoms with E-state index >= 15 is 0 Å². The Labute approximate surface area is 126 Å². The van der Waals surface area contributed by atoms with Gasteiger partial charge >= 0.3 is 0 Å². The van der Waals surface area contributed by atoms with Gasteiger partial charge < -0.3 is 5.73 Å². The fraction of sp³-hybridized carbons (Fsp3) is 0.412. The summed E-state index contributed by atoms with van der Waals surface area (Å²) in [7, 11) is 0. The molecule has 1 aromatic carbocycles. The van der Waals surface area contributed by atoms with E-state index < -0.39 is 0 Å². The predicted molar refractivity (Wildman–Crippen MR) is 89.0 cm³/mol. The molecule has 0 fully saturated rings. The molecular weight excluding hydrogens is 264 g/mol. The summed E-state index contributed by atoms with van der Waals surface area (Å²) in [6.07, 6.45) is 2.31. The number of hydrogen-bond acceptors (Lipinski definition) is 3. The molecule has 0 saturated heterocycles. The van der Waals surface area contributed by atoms with Gasteiger partial charge in [0.1, 0.15) is 0 Å². The molecule has 20 heavy (non-hydrogen) atoms. The van der Waals surface area contributed by atoms with E-state index in [1.165, 1.54) is 21.7 Å². The van der Waals surface area contributed by atoms with Crippen molar-refractivity contribution in [2.24, 2.45) is 0 Å². The first-order valence-electron chi connectivity index (χ1n) is 7.35. The molecule has 0 radical (unpaired) electrons. The van der Waals surface area contributed by atoms with Crippen molar-refractivity contribution in [3.63, 3.8) is 0 Å². The summed E-state index contributed by atoms with van der Waals surface area (Å²) in [4.78, 5) is 5.43. The first kappa shape index (κ1) is 15.1. The normalized spacial score (nSPS) is 11.2. The molecule has 0 bridgehead atoms. The van der Waals surface area contributed by atoms with E-state index in [2.05, 4.69) is 43.0 Å². The summed E-state index contributed by atoms with van der Waals surface area (Å²) in [5.74, 6) is 0. The highest BCUT2D eigenvalue weighted by Crippen LogP contribution is 2.20. The van der Waals surface area contributed by atoms with Gasteiger partial charge in [0.15, 0.2) is 0 Å². The summed E-state index contributed by atoms with van der Waals surface area (Å²) in [5.41, 5.74) is 8.01. The van der Waals surface area contributed by atoms with Gasteiger partial charge in [-0.1, -0.05) is 26.0 Å². The lowest BCUT2D eigenvalue weighted by Gasteiger charge is -2.21. The third-order valence-corrected chi connectivity index (χ3v) is 4.56. The van der Waals surface area contributed by atoms with Gasteiger partial charge in [0.2, 0.25) is 0 Å². The van der Waals surface area contributed by atoms with Gasteiger partial charge in [0.05, 0.1) is 0 Å². The van der Waals surface area contributed by atoms with E-state index in [1.807, 2.05) is 23.5 Å². The molecule has 1 aromatic heterocycles. The highest BCUT2D eigenvalue weighted by Gasteiger charge is 2.08. The van der Waals surface area contributed by atoms with Crippen LogP contribution in [0, 0.1) is 0 Å². The molecule has 108 valence electrons. The SMILES string of the molecule is CCCN(Cc1cccc(N)c1)Cc1ccc(CC)s1. The predicted octanol–water partition coefficient (Wildman–Crippen LogP) is 4.30. The third kappa shape index (κ3) is 4.36. The highest BCUT2D eigenvalue weighted by atomic mass is 32.1. The number of nitrogens with zero attached hydrogens (tertiary/aromatic N) is 1. The Kier molecular flexibility index (Phi) is 5.62. The molecule has 0 saturated carbocycles. The van der Waals surface area contributed by atoms with E-state index in [-0.39, 0.29) is 0 Å². The van der Waals surface area contributed by atoms with Gasteiger partial charge in [0, 0.05) is 28.5 Å². The van der Waals surface area contributed by atoms with Gasteiger partial charge in [-0.15, -0.1) is 11.3 Å². The van der Waals surface area contributed by atoms with Crippen LogP contribution in [0.2, 0.25) is 0 Å². The van der Waals surface area contributed by atoms with Crippen LogP contribution >= 0.6 is 11.3 Å². The van der Waals surface area contributed by atoms with Crippen molar-refractivity contribution in [1.29, 1.82) is 0 Å². The van der Waals surface area contributed by atoms with Gasteiger partial charge in [-0.25, -0.2) is 0 Å². The molecule has 0 unspecified atom stereocenters. The maximum atomic E-state index is 5.87. The second-order valence-corrected chi connectivity index (χ2v) is 6.43. The minimum Gasteiger partial charge on any atom is -0.399 e. The van der Waals surface area contributed by atoms with Gasteiger partial charge in [-0.3, -0.25) is 4.90 Å². The molecule has 2 rings (SSSR count). The zero-order valence-corrected chi connectivity index (χ0v) is 13.2. The summed E-state index contributed by atoms with van der Waals surface area (Å²) in [6.45, 7) is 7.57. The van der Waals surface area contributed by atoms with Crippen LogP contribution in [-0.4, -0.2) is 11.4 Å². The smallest absolute Gasteiger partial charge is 0.0331 e. The van der Waals surface area contributed by atoms with E-state index in [0.717, 1.165) is 31.7 Å². The lowest BCUT2D eigenvalue weighted by molar-refractivity contribution is 0.259. The summed E-state index contributed by atoms with van der Waals surface area (Å²) < 4.78 is 0. The molecule has 0 atom stereocenters. The monoisotopic (exact) mass is 288 g/mol. The average molecular weight is 288 g/mol. The Balaban J connectivity index is 2.02. The average Bonchev–Trinajstić information content (AvgIpc) is 2.87. The Bertz CT molecular complexity index is 533. The number of anilines is 1. The number of nitrogens with two attached hydrogens (primary N) is 1. The molecule has 1 heterocycles. The van der Waals surface area contributed by atoms with Crippen molar-refractivity contribution in [3.8, 4) is 0 Å². The molecule has 2 N–H and O–H groups in total. The molecule has 3 heteroatoms. The topological polar surface area (TPSA) is 29.3 Å². The summed E-state index contributed by atoms with van der Waals surface area (Å²) in [6, 6.07) is 12.7. The lowest BCUT2D eigenvalue weighted by Crippen LogP contribution is -2.23. The fourth-order valence-corrected chi connectivity index (χ4v) is 3.40. The maximum Gasteiger partial charge on any atom is 0.0331 e. The van der Waals surface area contributed by atoms with E-state index in [9.17, 15) is 0 Å². The van der Waals surface area contributed by atoms with Crippen molar-refractivity contribution in [3.05, 3.63) is 51.7 Å². The largest absolute Gasteiger partial charge is 0.399 e. The van der Waals surface area contributed by atoms with Gasteiger partial charge in [0.25, 0.3) is 0 Å². The first-order valence-corrected chi connectivity index (χ1v) is 8.17. The number of hydrogen-bond donors (Lipinski definition) is 1. The van der Waals surface area contributed by atoms with Crippen molar-refractivity contribution < 1.29 is 0 Å². The lowest BCUT2D eigenvalue weighted by atomic mass is 10.2. The Hall–Kier alpha value is -1.32. The van der Waals surface area contributed by atoms with Crippen LogP contribution in [0.4, 0.5) is 5.69 Å². The standard InChI is InChI=1S/C17H24N2S/c1-3-10-19(12-14-6-5-7-15(18)11-14)13-17-9-8-16(4-2)20-17/h5-9,11H,3-4,10,12-13,18H2,1-2H3. The quantitative estimate of drug-likeness (QED) is 0.769. The molecule has 0 amide bonds. The Morgan fingerprint density at radius 3 is 2.50 bits per heavy atom. The van der Waals surface area contributed by atoms with Crippen molar-refractivity contribution in [2.75, 3.05) is 12.3 Å². The van der Waals surface area contributed by atoms with Crippen LogP contribution in [0.3, 0.4) is 0 Å². The van der Waals surface area contributed by atoms with Crippen LogP contribution in [0.1, 0.15) is 35.6 Å². The first-order chi connectivity index (χ1) is 9.71. The molecule has 0 aliphatic rings. The number of thiophene rings is 1. The fourth-order valence-electron chi connectivity index (χ4n) is 2.40. The second kappa shape index (κ2) is 7.46. The minimum absolute atomic E-state index is 0.850. The van der Waals surface area contributed by atoms with Gasteiger partial charge in [-0.05, 0) is 49.2 Å². The summed E-state index contributed by atoms with van der Waals surface area (Å²) >= 11 is 1.93. The molecular formula is C17H24N2S. The molecule has 2 nitrogen and oxygen atoms in total. The van der Waals surface area contributed by atoms with Crippen LogP contribution in [-0.2, 0) is 19.5 Å². The van der Waals surface area contributed by atoms with E-state index in [1.54, 1.807) is 0 Å². The zero-order valence-electron chi connectivity index (χ0n) is 12.4. The maximum absolute atomic E-state index is 5.87. The second-order valence-electron chi connectivity index (χ2n) is 5.18. The number of benzene rings is 1. The summed E-state index contributed by atoms with van der Waals surface area (Å²) in [5, 5.41) is 0. The van der Waals surface area contributed by atoms with Crippen LogP contribution in [0.5, 0.6) is 0 Å². The van der Waals surface area contributed by atoms with E-state index in [4.69, 9.17) is 5.73 Å². The molecule has 2 aromatic rings. The van der Waals surface area contributed by atoms with Crippen molar-refractivity contribution in [2.45, 2.75) is 39.8 Å². The number of aryl methyl sites for hydroxylation is 1. The highest BCUT2D eigenvalue weighted by molar-refractivity contribution is 7.11. The Morgan fingerprint density at radius 2 is 1.85 bits per heavy atom. The van der Waals surface area contributed by atoms with Crippen LogP contribution in [0.15, 0.2) is 36.4 Å².